The van der Waals surface area contributed by atoms with Crippen LogP contribution in [0.3, 0.4) is 0 Å². The van der Waals surface area contributed by atoms with Crippen molar-refractivity contribution in [2.75, 3.05) is 27.3 Å². The largest absolute Gasteiger partial charge is 0.497 e. The Morgan fingerprint density at radius 3 is 2.83 bits per heavy atom. The maximum atomic E-state index is 11.2. The fraction of sp³-hybridized carbons (Fsp3) is 0.632. The maximum absolute atomic E-state index is 11.2. The Balaban J connectivity index is 2.04. The number of nitrogens with zero attached hydrogens (tertiary/aromatic N) is 2. The van der Waals surface area contributed by atoms with Crippen molar-refractivity contribution in [3.63, 3.8) is 0 Å². The Morgan fingerprint density at radius 1 is 1.29 bits per heavy atom. The van der Waals surface area contributed by atoms with Gasteiger partial charge in [-0.25, -0.2) is 0 Å². The highest BCUT2D eigenvalue weighted by molar-refractivity contribution is 5.43. The van der Waals surface area contributed by atoms with E-state index in [0.29, 0.717) is 6.54 Å². The summed E-state index contributed by atoms with van der Waals surface area (Å²) in [4.78, 5) is 2.19. The molecule has 1 N–H and O–H groups in total. The molecule has 2 aliphatic rings. The Labute approximate surface area is 143 Å². The molecule has 1 saturated carbocycles. The summed E-state index contributed by atoms with van der Waals surface area (Å²) in [5, 5.41) is 20.4. The van der Waals surface area contributed by atoms with Crippen LogP contribution in [0.5, 0.6) is 11.5 Å². The summed E-state index contributed by atoms with van der Waals surface area (Å²) in [6.07, 6.45) is 4.79. The average Bonchev–Trinajstić information content (AvgIpc) is 2.61. The summed E-state index contributed by atoms with van der Waals surface area (Å²) in [5.41, 5.74) is 0.415. The van der Waals surface area contributed by atoms with Crippen LogP contribution >= 0.6 is 0 Å². The number of rotatable bonds is 4. The first-order valence-electron chi connectivity index (χ1n) is 8.68. The highest BCUT2D eigenvalue weighted by Crippen LogP contribution is 2.51. The van der Waals surface area contributed by atoms with Gasteiger partial charge in [0, 0.05) is 30.1 Å². The molecule has 0 amide bonds. The van der Waals surface area contributed by atoms with Crippen LogP contribution in [0.25, 0.3) is 0 Å². The summed E-state index contributed by atoms with van der Waals surface area (Å²) < 4.78 is 10.9. The number of ether oxygens (including phenoxy) is 2. The van der Waals surface area contributed by atoms with E-state index < -0.39 is 5.60 Å². The van der Waals surface area contributed by atoms with Crippen molar-refractivity contribution in [2.24, 2.45) is 5.92 Å². The zero-order valence-corrected chi connectivity index (χ0v) is 14.5. The third-order valence-electron chi connectivity index (χ3n) is 5.70. The molecule has 3 rings (SSSR count). The number of likely N-dealkylation sites (tertiary alicyclic amines) is 1. The second-order valence-electron chi connectivity index (χ2n) is 6.89. The molecule has 2 unspecified atom stereocenters. The van der Waals surface area contributed by atoms with Gasteiger partial charge in [-0.05, 0) is 25.3 Å². The van der Waals surface area contributed by atoms with Crippen molar-refractivity contribution in [1.29, 1.82) is 5.26 Å². The number of methoxy groups -OCH3 is 2. The van der Waals surface area contributed by atoms with Crippen LogP contribution in [0.15, 0.2) is 18.2 Å². The van der Waals surface area contributed by atoms with Crippen LogP contribution in [-0.2, 0) is 0 Å². The van der Waals surface area contributed by atoms with E-state index in [4.69, 9.17) is 9.47 Å². The quantitative estimate of drug-likeness (QED) is 0.860. The van der Waals surface area contributed by atoms with Gasteiger partial charge >= 0.3 is 0 Å². The van der Waals surface area contributed by atoms with Crippen LogP contribution in [-0.4, -0.2) is 42.9 Å². The molecule has 0 bridgehead atoms. The lowest BCUT2D eigenvalue weighted by atomic mass is 9.66. The van der Waals surface area contributed by atoms with Gasteiger partial charge in [-0.1, -0.05) is 18.9 Å². The van der Waals surface area contributed by atoms with Gasteiger partial charge in [0.15, 0.2) is 0 Å². The number of benzene rings is 1. The van der Waals surface area contributed by atoms with Gasteiger partial charge in [0.2, 0.25) is 0 Å². The molecule has 5 nitrogen and oxygen atoms in total. The van der Waals surface area contributed by atoms with Crippen LogP contribution in [0.4, 0.5) is 0 Å². The molecule has 5 heteroatoms. The molecule has 1 heterocycles. The minimum atomic E-state index is -0.625. The molecule has 1 aliphatic carbocycles. The molecule has 3 atom stereocenters. The van der Waals surface area contributed by atoms with Gasteiger partial charge in [-0.2, -0.15) is 5.26 Å². The van der Waals surface area contributed by atoms with Gasteiger partial charge in [-0.3, -0.25) is 4.90 Å². The van der Waals surface area contributed by atoms with Crippen molar-refractivity contribution in [3.8, 4) is 17.6 Å². The van der Waals surface area contributed by atoms with Gasteiger partial charge in [0.05, 0.1) is 32.4 Å². The summed E-state index contributed by atoms with van der Waals surface area (Å²) in [6.45, 7) is 1.10. The third-order valence-corrected chi connectivity index (χ3v) is 5.70. The lowest BCUT2D eigenvalue weighted by molar-refractivity contribution is -0.122. The van der Waals surface area contributed by atoms with Crippen LogP contribution < -0.4 is 9.47 Å². The number of fused-ring (bicyclic) bond motifs is 1. The van der Waals surface area contributed by atoms with Crippen LogP contribution in [0, 0.1) is 17.2 Å². The van der Waals surface area contributed by atoms with E-state index >= 15 is 0 Å². The SMILES string of the molecule is COc1ccc([C@H]2C3CCCCC3(O)CCN2CC#N)c(OC)c1. The molecule has 1 aliphatic heterocycles. The van der Waals surface area contributed by atoms with Crippen molar-refractivity contribution < 1.29 is 14.6 Å². The van der Waals surface area contributed by atoms with Crippen LogP contribution in [0.2, 0.25) is 0 Å². The molecule has 0 radical (unpaired) electrons. The zero-order chi connectivity index (χ0) is 17.2. The number of piperidine rings is 1. The van der Waals surface area contributed by atoms with Gasteiger partial charge < -0.3 is 14.6 Å². The Hall–Kier alpha value is -1.77. The first kappa shape index (κ1) is 17.1. The molecule has 1 saturated heterocycles. The number of hydrogen-bond donors (Lipinski definition) is 1. The van der Waals surface area contributed by atoms with E-state index in [0.717, 1.165) is 55.7 Å². The van der Waals surface area contributed by atoms with E-state index in [-0.39, 0.29) is 12.0 Å². The minimum Gasteiger partial charge on any atom is -0.497 e. The molecule has 0 aromatic heterocycles. The minimum absolute atomic E-state index is 0.00422. The third kappa shape index (κ3) is 2.97. The zero-order valence-electron chi connectivity index (χ0n) is 14.5. The second-order valence-corrected chi connectivity index (χ2v) is 6.89. The van der Waals surface area contributed by atoms with E-state index in [1.54, 1.807) is 14.2 Å². The highest BCUT2D eigenvalue weighted by Gasteiger charge is 2.49. The molecular formula is C19H26N2O3. The van der Waals surface area contributed by atoms with E-state index in [1.807, 2.05) is 18.2 Å². The molecular weight excluding hydrogens is 304 g/mol. The number of aliphatic hydroxyl groups is 1. The Bertz CT molecular complexity index is 628. The summed E-state index contributed by atoms with van der Waals surface area (Å²) >= 11 is 0. The Morgan fingerprint density at radius 2 is 2.12 bits per heavy atom. The lowest BCUT2D eigenvalue weighted by Gasteiger charge is -2.52. The predicted molar refractivity (Wildman–Crippen MR) is 91.0 cm³/mol. The average molecular weight is 330 g/mol. The predicted octanol–water partition coefficient (Wildman–Crippen LogP) is 2.90. The van der Waals surface area contributed by atoms with Gasteiger partial charge in [-0.15, -0.1) is 0 Å². The summed E-state index contributed by atoms with van der Waals surface area (Å²) in [5.74, 6) is 1.64. The fourth-order valence-corrected chi connectivity index (χ4v) is 4.49. The van der Waals surface area contributed by atoms with Crippen molar-refractivity contribution >= 4 is 0 Å². The smallest absolute Gasteiger partial charge is 0.127 e. The van der Waals surface area contributed by atoms with Crippen molar-refractivity contribution in [1.82, 2.24) is 4.90 Å². The normalized spacial score (nSPS) is 30.2. The molecule has 2 fully saturated rings. The van der Waals surface area contributed by atoms with E-state index in [9.17, 15) is 10.4 Å². The van der Waals surface area contributed by atoms with E-state index in [2.05, 4.69) is 11.0 Å². The molecule has 130 valence electrons. The first-order chi connectivity index (χ1) is 11.6. The Kier molecular flexibility index (Phi) is 4.98. The molecule has 1 aromatic rings. The highest BCUT2D eigenvalue weighted by atomic mass is 16.5. The number of nitriles is 1. The van der Waals surface area contributed by atoms with Gasteiger partial charge in [0.1, 0.15) is 11.5 Å². The monoisotopic (exact) mass is 330 g/mol. The van der Waals surface area contributed by atoms with Crippen molar-refractivity contribution in [3.05, 3.63) is 23.8 Å². The van der Waals surface area contributed by atoms with Crippen molar-refractivity contribution in [2.45, 2.75) is 43.7 Å². The standard InChI is InChI=1S/C19H26N2O3/c1-23-14-6-7-15(17(13-14)24-2)18-16-5-3-4-8-19(16,22)9-11-21(18)12-10-20/h6-7,13,16,18,22H,3-5,8-9,11-12H2,1-2H3/t16?,18-,19?/m0/s1. The molecule has 1 aromatic carbocycles. The summed E-state index contributed by atoms with van der Waals surface area (Å²) in [6, 6.07) is 8.12. The lowest BCUT2D eigenvalue weighted by Crippen LogP contribution is -2.54. The molecule has 24 heavy (non-hydrogen) atoms. The first-order valence-corrected chi connectivity index (χ1v) is 8.68. The van der Waals surface area contributed by atoms with Crippen LogP contribution in [0.1, 0.15) is 43.7 Å². The fourth-order valence-electron chi connectivity index (χ4n) is 4.49. The molecule has 0 spiro atoms. The van der Waals surface area contributed by atoms with E-state index in [1.165, 1.54) is 0 Å². The maximum Gasteiger partial charge on any atom is 0.127 e. The number of hydrogen-bond acceptors (Lipinski definition) is 5. The second kappa shape index (κ2) is 7.00. The summed E-state index contributed by atoms with van der Waals surface area (Å²) in [7, 11) is 3.29. The van der Waals surface area contributed by atoms with Gasteiger partial charge in [0.25, 0.3) is 0 Å². The topological polar surface area (TPSA) is 65.7 Å².